The van der Waals surface area contributed by atoms with Gasteiger partial charge < -0.3 is 4.57 Å². The van der Waals surface area contributed by atoms with Crippen LogP contribution in [0.1, 0.15) is 44.9 Å². The van der Waals surface area contributed by atoms with E-state index >= 15 is 0 Å². The summed E-state index contributed by atoms with van der Waals surface area (Å²) in [6, 6.07) is 7.57. The van der Waals surface area contributed by atoms with Crippen molar-refractivity contribution < 1.29 is 19.2 Å². The lowest BCUT2D eigenvalue weighted by Gasteiger charge is -2.19. The molecule has 2 aromatic rings. The molecular weight excluding hydrogens is 398 g/mol. The number of imide groups is 1. The Morgan fingerprint density at radius 3 is 2.35 bits per heavy atom. The van der Waals surface area contributed by atoms with Crippen LogP contribution in [0.25, 0.3) is 11.0 Å². The largest absolute Gasteiger partial charge is 0.318 e. The summed E-state index contributed by atoms with van der Waals surface area (Å²) in [4.78, 5) is 55.2. The summed E-state index contributed by atoms with van der Waals surface area (Å²) >= 11 is 0. The molecule has 31 heavy (non-hydrogen) atoms. The number of hydrogen-bond donors (Lipinski definition) is 2. The van der Waals surface area contributed by atoms with Gasteiger partial charge in [0.2, 0.25) is 17.7 Å². The van der Waals surface area contributed by atoms with Crippen molar-refractivity contribution in [3.8, 4) is 0 Å². The number of nitrogens with one attached hydrogen (secondary N) is 2. The lowest BCUT2D eigenvalue weighted by molar-refractivity contribution is -0.140. The number of fused-ring (bicyclic) bond motifs is 2. The molecule has 1 aromatic carbocycles. The molecule has 9 heteroatoms. The molecule has 4 rings (SSSR count). The molecule has 1 aliphatic heterocycles. The Morgan fingerprint density at radius 1 is 1.03 bits per heavy atom. The predicted octanol–water partition coefficient (Wildman–Crippen LogP) is 1.31. The van der Waals surface area contributed by atoms with Crippen molar-refractivity contribution in [3.63, 3.8) is 0 Å². The lowest BCUT2D eigenvalue weighted by atomic mass is 9.81. The van der Waals surface area contributed by atoms with Crippen LogP contribution in [0.2, 0.25) is 0 Å². The summed E-state index contributed by atoms with van der Waals surface area (Å²) in [5.74, 6) is -0.810. The van der Waals surface area contributed by atoms with Crippen LogP contribution >= 0.6 is 0 Å². The molecule has 9 nitrogen and oxygen atoms in total. The molecule has 0 bridgehead atoms. The second kappa shape index (κ2) is 8.87. The summed E-state index contributed by atoms with van der Waals surface area (Å²) < 4.78 is 1.82. The van der Waals surface area contributed by atoms with Crippen molar-refractivity contribution >= 4 is 34.7 Å². The van der Waals surface area contributed by atoms with Gasteiger partial charge in [-0.1, -0.05) is 31.9 Å². The number of rotatable bonds is 6. The number of carbonyl (C=O) groups excluding carboxylic acids is 4. The molecule has 2 N–H and O–H groups in total. The van der Waals surface area contributed by atoms with Crippen LogP contribution in [0.4, 0.5) is 0 Å². The van der Waals surface area contributed by atoms with E-state index < -0.39 is 5.91 Å². The predicted molar refractivity (Wildman–Crippen MR) is 112 cm³/mol. The minimum Gasteiger partial charge on any atom is -0.318 e. The number of likely N-dealkylation sites (tertiary alicyclic amines) is 1. The number of hydrogen-bond acceptors (Lipinski definition) is 5. The highest BCUT2D eigenvalue weighted by Gasteiger charge is 2.47. The number of aryl methyl sites for hydroxylation is 1. The number of carbonyl (C=O) groups is 4. The average Bonchev–Trinajstić information content (AvgIpc) is 3.26. The van der Waals surface area contributed by atoms with Crippen molar-refractivity contribution in [1.82, 2.24) is 25.3 Å². The van der Waals surface area contributed by atoms with Crippen molar-refractivity contribution in [2.75, 3.05) is 6.54 Å². The van der Waals surface area contributed by atoms with E-state index in [1.807, 2.05) is 35.8 Å². The van der Waals surface area contributed by atoms with E-state index in [1.165, 1.54) is 4.90 Å². The molecular formula is C22H27N5O4. The molecule has 2 aliphatic rings. The molecule has 0 unspecified atom stereocenters. The summed E-state index contributed by atoms with van der Waals surface area (Å²) in [5, 5.41) is 0. The zero-order valence-corrected chi connectivity index (χ0v) is 17.6. The fourth-order valence-corrected chi connectivity index (χ4v) is 4.62. The standard InChI is InChI=1S/C22H27N5O4/c1-2-18-23-16-9-5-6-10-17(16)27(18)13-20(29)25-24-19(28)11-12-26-21(30)14-7-3-4-8-15(14)22(26)31/h5-6,9-10,14-15H,2-4,7-8,11-13H2,1H3,(H,24,28)(H,25,29)/t14-,15-/m0/s1. The second-order valence-electron chi connectivity index (χ2n) is 8.13. The number of amides is 4. The van der Waals surface area contributed by atoms with Gasteiger partial charge in [-0.3, -0.25) is 34.9 Å². The Morgan fingerprint density at radius 2 is 1.68 bits per heavy atom. The third-order valence-electron chi connectivity index (χ3n) is 6.19. The van der Waals surface area contributed by atoms with Crippen LogP contribution in [-0.4, -0.2) is 44.6 Å². The van der Waals surface area contributed by atoms with Crippen LogP contribution in [0.3, 0.4) is 0 Å². The van der Waals surface area contributed by atoms with Crippen LogP contribution < -0.4 is 10.9 Å². The van der Waals surface area contributed by atoms with Gasteiger partial charge in [0.25, 0.3) is 5.91 Å². The highest BCUT2D eigenvalue weighted by Crippen LogP contribution is 2.37. The van der Waals surface area contributed by atoms with Gasteiger partial charge in [0.05, 0.1) is 22.9 Å². The fraction of sp³-hybridized carbons (Fsp3) is 0.500. The molecule has 0 spiro atoms. The Balaban J connectivity index is 1.28. The Labute approximate surface area is 180 Å². The van der Waals surface area contributed by atoms with E-state index in [-0.39, 0.29) is 49.1 Å². The van der Waals surface area contributed by atoms with Crippen LogP contribution in [0.5, 0.6) is 0 Å². The van der Waals surface area contributed by atoms with Gasteiger partial charge in [-0.15, -0.1) is 0 Å². The molecule has 1 saturated heterocycles. The topological polar surface area (TPSA) is 113 Å². The first-order chi connectivity index (χ1) is 15.0. The first kappa shape index (κ1) is 21.0. The van der Waals surface area contributed by atoms with E-state index in [2.05, 4.69) is 15.8 Å². The molecule has 164 valence electrons. The molecule has 2 atom stereocenters. The molecule has 4 amide bonds. The third-order valence-corrected chi connectivity index (χ3v) is 6.19. The SMILES string of the molecule is CCc1nc2ccccc2n1CC(=O)NNC(=O)CCN1C(=O)[C@H]2CCCC[C@@H]2C1=O. The van der Waals surface area contributed by atoms with Gasteiger partial charge in [0, 0.05) is 19.4 Å². The first-order valence-electron chi connectivity index (χ1n) is 10.9. The van der Waals surface area contributed by atoms with E-state index in [0.29, 0.717) is 6.42 Å². The summed E-state index contributed by atoms with van der Waals surface area (Å²) in [6.45, 7) is 2.03. The molecule has 1 saturated carbocycles. The zero-order valence-electron chi connectivity index (χ0n) is 17.6. The lowest BCUT2D eigenvalue weighted by Crippen LogP contribution is -2.44. The van der Waals surface area contributed by atoms with Gasteiger partial charge >= 0.3 is 0 Å². The van der Waals surface area contributed by atoms with Crippen molar-refractivity contribution in [2.24, 2.45) is 11.8 Å². The third kappa shape index (κ3) is 4.17. The molecule has 1 aromatic heterocycles. The fourth-order valence-electron chi connectivity index (χ4n) is 4.62. The Hall–Kier alpha value is -3.23. The Kier molecular flexibility index (Phi) is 6.01. The number of hydrazine groups is 1. The monoisotopic (exact) mass is 425 g/mol. The molecule has 0 radical (unpaired) electrons. The van der Waals surface area contributed by atoms with Gasteiger partial charge in [0.1, 0.15) is 12.4 Å². The average molecular weight is 425 g/mol. The number of benzene rings is 1. The Bertz CT molecular complexity index is 1010. The minimum atomic E-state index is -0.449. The normalized spacial score (nSPS) is 20.7. The van der Waals surface area contributed by atoms with Crippen LogP contribution in [-0.2, 0) is 32.1 Å². The minimum absolute atomic E-state index is 0.0242. The van der Waals surface area contributed by atoms with Gasteiger partial charge in [-0.05, 0) is 25.0 Å². The smallest absolute Gasteiger partial charge is 0.258 e. The quantitative estimate of drug-likeness (QED) is 0.535. The number of aromatic nitrogens is 2. The molecule has 2 heterocycles. The van der Waals surface area contributed by atoms with Gasteiger partial charge in [-0.25, -0.2) is 4.98 Å². The van der Waals surface area contributed by atoms with Crippen LogP contribution in [0.15, 0.2) is 24.3 Å². The van der Waals surface area contributed by atoms with Crippen molar-refractivity contribution in [3.05, 3.63) is 30.1 Å². The summed E-state index contributed by atoms with van der Waals surface area (Å²) in [7, 11) is 0. The second-order valence-corrected chi connectivity index (χ2v) is 8.13. The first-order valence-corrected chi connectivity index (χ1v) is 10.9. The number of nitrogens with zero attached hydrogens (tertiary/aromatic N) is 3. The van der Waals surface area contributed by atoms with E-state index in [0.717, 1.165) is 42.5 Å². The number of imidazole rings is 1. The van der Waals surface area contributed by atoms with E-state index in [4.69, 9.17) is 0 Å². The van der Waals surface area contributed by atoms with Crippen molar-refractivity contribution in [2.45, 2.75) is 52.0 Å². The zero-order chi connectivity index (χ0) is 22.0. The maximum atomic E-state index is 12.5. The van der Waals surface area contributed by atoms with E-state index in [1.54, 1.807) is 0 Å². The highest BCUT2D eigenvalue weighted by molar-refractivity contribution is 6.05. The van der Waals surface area contributed by atoms with Gasteiger partial charge in [0.15, 0.2) is 0 Å². The maximum absolute atomic E-state index is 12.5. The maximum Gasteiger partial charge on any atom is 0.258 e. The van der Waals surface area contributed by atoms with E-state index in [9.17, 15) is 19.2 Å². The summed E-state index contributed by atoms with van der Waals surface area (Å²) in [6.07, 6.45) is 4.05. The highest BCUT2D eigenvalue weighted by atomic mass is 16.2. The molecule has 1 aliphatic carbocycles. The molecule has 2 fully saturated rings. The summed E-state index contributed by atoms with van der Waals surface area (Å²) in [5.41, 5.74) is 6.46. The number of para-hydroxylation sites is 2. The van der Waals surface area contributed by atoms with Crippen molar-refractivity contribution in [1.29, 1.82) is 0 Å². The van der Waals surface area contributed by atoms with Crippen LogP contribution in [0, 0.1) is 11.8 Å². The van der Waals surface area contributed by atoms with Gasteiger partial charge in [-0.2, -0.15) is 0 Å².